The molecule has 1 N–H and O–H groups in total. The first-order valence-corrected chi connectivity index (χ1v) is 20.5. The van der Waals surface area contributed by atoms with E-state index in [2.05, 4.69) is 99.5 Å². The van der Waals surface area contributed by atoms with Crippen molar-refractivity contribution in [3.05, 3.63) is 170 Å². The second kappa shape index (κ2) is 15.5. The van der Waals surface area contributed by atoms with Crippen LogP contribution in [0.2, 0.25) is 0 Å². The molecule has 3 aliphatic heterocycles. The van der Waals surface area contributed by atoms with Crippen molar-refractivity contribution >= 4 is 68.7 Å². The number of anilines is 2. The number of imide groups is 2. The second-order valence-electron chi connectivity index (χ2n) is 14.6. The Kier molecular flexibility index (Phi) is 10.00. The Morgan fingerprint density at radius 3 is 2.05 bits per heavy atom. The molecule has 0 saturated carbocycles. The molecule has 57 heavy (non-hydrogen) atoms. The number of nitrogens with one attached hydrogen (secondary N) is 1. The molecule has 9 rings (SSSR count). The fourth-order valence-corrected chi connectivity index (χ4v) is 9.45. The number of barbiturate groups is 1. The summed E-state index contributed by atoms with van der Waals surface area (Å²) in [4.78, 5) is 45.4. The minimum atomic E-state index is -0.771. The molecular formula is C48H40IN3O5. The highest BCUT2D eigenvalue weighted by molar-refractivity contribution is 14.1. The SMILES string of the molecule is CCOc1cc(/C=C2\C(=O)NC(=O)N(c3cc4c5c(c3)[C@H](c3ccccc3)CCN5CC[C@H]4c3ccccc3)C2=O)cc(I)c1OCc1cccc2ccccc12. The second-order valence-corrected chi connectivity index (χ2v) is 15.8. The normalized spacial score (nSPS) is 18.4. The average molecular weight is 866 g/mol. The van der Waals surface area contributed by atoms with Crippen LogP contribution in [0, 0.1) is 3.57 Å². The largest absolute Gasteiger partial charge is 0.490 e. The van der Waals surface area contributed by atoms with E-state index in [-0.39, 0.29) is 17.4 Å². The van der Waals surface area contributed by atoms with Crippen LogP contribution in [0.25, 0.3) is 16.8 Å². The molecule has 6 aromatic carbocycles. The van der Waals surface area contributed by atoms with Crippen LogP contribution in [0.4, 0.5) is 16.2 Å². The summed E-state index contributed by atoms with van der Waals surface area (Å²) in [5.74, 6) is -0.222. The number of halogens is 1. The molecule has 0 unspecified atom stereocenters. The molecule has 8 nitrogen and oxygen atoms in total. The lowest BCUT2D eigenvalue weighted by atomic mass is 9.76. The summed E-state index contributed by atoms with van der Waals surface area (Å²) >= 11 is 2.19. The Labute approximate surface area is 345 Å². The molecule has 9 heteroatoms. The molecule has 1 saturated heterocycles. The van der Waals surface area contributed by atoms with Gasteiger partial charge in [0.1, 0.15) is 12.2 Å². The summed E-state index contributed by atoms with van der Waals surface area (Å²) in [5.41, 5.74) is 7.62. The monoisotopic (exact) mass is 865 g/mol. The molecule has 0 bridgehead atoms. The Balaban J connectivity index is 1.09. The molecule has 0 aromatic heterocycles. The van der Waals surface area contributed by atoms with Gasteiger partial charge >= 0.3 is 6.03 Å². The quantitative estimate of drug-likeness (QED) is 0.0885. The van der Waals surface area contributed by atoms with E-state index in [1.54, 1.807) is 6.07 Å². The molecular weight excluding hydrogens is 825 g/mol. The van der Waals surface area contributed by atoms with Gasteiger partial charge < -0.3 is 14.4 Å². The van der Waals surface area contributed by atoms with Gasteiger partial charge in [0.25, 0.3) is 11.8 Å². The maximum absolute atomic E-state index is 14.5. The number of benzene rings is 6. The Morgan fingerprint density at radius 1 is 0.754 bits per heavy atom. The Bertz CT molecular complexity index is 2500. The van der Waals surface area contributed by atoms with Crippen molar-refractivity contribution in [3.8, 4) is 11.5 Å². The van der Waals surface area contributed by atoms with E-state index in [0.717, 1.165) is 61.9 Å². The average Bonchev–Trinajstić information content (AvgIpc) is 3.23. The molecule has 4 amide bonds. The molecule has 2 atom stereocenters. The number of urea groups is 1. The number of nitrogens with zero attached hydrogens (tertiary/aromatic N) is 2. The minimum absolute atomic E-state index is 0.0747. The maximum Gasteiger partial charge on any atom is 0.335 e. The maximum atomic E-state index is 14.5. The highest BCUT2D eigenvalue weighted by Gasteiger charge is 2.40. The van der Waals surface area contributed by atoms with Crippen molar-refractivity contribution in [1.29, 1.82) is 0 Å². The third kappa shape index (κ3) is 6.94. The first-order chi connectivity index (χ1) is 27.9. The summed E-state index contributed by atoms with van der Waals surface area (Å²) in [7, 11) is 0. The summed E-state index contributed by atoms with van der Waals surface area (Å²) in [6, 6.07) is 42.0. The summed E-state index contributed by atoms with van der Waals surface area (Å²) < 4.78 is 13.2. The lowest BCUT2D eigenvalue weighted by molar-refractivity contribution is -0.122. The summed E-state index contributed by atoms with van der Waals surface area (Å²) in [6.45, 7) is 4.44. The first kappa shape index (κ1) is 36.7. The number of fused-ring (bicyclic) bond motifs is 1. The van der Waals surface area contributed by atoms with Crippen LogP contribution in [0.3, 0.4) is 0 Å². The summed E-state index contributed by atoms with van der Waals surface area (Å²) in [6.07, 6.45) is 3.34. The minimum Gasteiger partial charge on any atom is -0.490 e. The fourth-order valence-electron chi connectivity index (χ4n) is 8.67. The molecule has 0 spiro atoms. The van der Waals surface area contributed by atoms with Crippen molar-refractivity contribution in [2.75, 3.05) is 29.5 Å². The molecule has 1 fully saturated rings. The zero-order chi connectivity index (χ0) is 39.0. The predicted octanol–water partition coefficient (Wildman–Crippen LogP) is 9.97. The third-order valence-corrected chi connectivity index (χ3v) is 12.1. The van der Waals surface area contributed by atoms with E-state index in [4.69, 9.17) is 9.47 Å². The van der Waals surface area contributed by atoms with Gasteiger partial charge in [-0.3, -0.25) is 14.9 Å². The molecule has 6 aromatic rings. The van der Waals surface area contributed by atoms with E-state index < -0.39 is 17.8 Å². The van der Waals surface area contributed by atoms with Gasteiger partial charge in [0, 0.05) is 30.6 Å². The van der Waals surface area contributed by atoms with Crippen molar-refractivity contribution in [1.82, 2.24) is 5.32 Å². The number of hydrogen-bond acceptors (Lipinski definition) is 6. The van der Waals surface area contributed by atoms with E-state index in [1.165, 1.54) is 22.9 Å². The van der Waals surface area contributed by atoms with Crippen LogP contribution in [0.5, 0.6) is 11.5 Å². The number of hydrogen-bond donors (Lipinski definition) is 1. The van der Waals surface area contributed by atoms with Gasteiger partial charge in [-0.1, -0.05) is 103 Å². The number of rotatable bonds is 9. The zero-order valence-corrected chi connectivity index (χ0v) is 33.6. The molecule has 3 heterocycles. The Hall–Kier alpha value is -5.94. The number of carbonyl (C=O) groups excluding carboxylic acids is 3. The molecule has 0 aliphatic carbocycles. The van der Waals surface area contributed by atoms with Crippen LogP contribution in [0.1, 0.15) is 65.0 Å². The molecule has 3 aliphatic rings. The van der Waals surface area contributed by atoms with Crippen LogP contribution in [0.15, 0.2) is 133 Å². The lowest BCUT2D eigenvalue weighted by Crippen LogP contribution is -2.54. The predicted molar refractivity (Wildman–Crippen MR) is 232 cm³/mol. The van der Waals surface area contributed by atoms with Gasteiger partial charge in [0.2, 0.25) is 0 Å². The topological polar surface area (TPSA) is 88.2 Å². The van der Waals surface area contributed by atoms with E-state index in [9.17, 15) is 14.4 Å². The van der Waals surface area contributed by atoms with Crippen LogP contribution in [-0.4, -0.2) is 37.5 Å². The highest BCUT2D eigenvalue weighted by atomic mass is 127. The first-order valence-electron chi connectivity index (χ1n) is 19.4. The number of carbonyl (C=O) groups is 3. The van der Waals surface area contributed by atoms with Crippen LogP contribution >= 0.6 is 22.6 Å². The molecule has 0 radical (unpaired) electrons. The van der Waals surface area contributed by atoms with E-state index in [0.29, 0.717) is 36.0 Å². The van der Waals surface area contributed by atoms with Crippen molar-refractivity contribution < 1.29 is 23.9 Å². The standard InChI is InChI=1S/C48H40IN3O5/c1-2-56-43-26-30(25-42(49)45(43)57-29-34-18-11-17-31-16-9-10-19-36(31)34)24-41-46(53)50-48(55)52(47(41)54)35-27-39-37(32-12-5-3-6-13-32)20-22-51-23-21-38(40(28-35)44(39)51)33-14-7-4-8-15-33/h3-19,24-28,37-38H,2,20-23,29H2,1H3,(H,50,53,55)/b41-24+/t37-,38-/m0/s1. The zero-order valence-electron chi connectivity index (χ0n) is 31.4. The number of amides is 4. The third-order valence-electron chi connectivity index (χ3n) is 11.3. The van der Waals surface area contributed by atoms with Gasteiger partial charge in [0.15, 0.2) is 11.5 Å². The fraction of sp³-hybridized carbons (Fsp3) is 0.188. The van der Waals surface area contributed by atoms with Crippen molar-refractivity contribution in [2.24, 2.45) is 0 Å². The van der Waals surface area contributed by atoms with E-state index in [1.807, 2.05) is 61.5 Å². The number of ether oxygens (including phenoxy) is 2. The van der Waals surface area contributed by atoms with Crippen molar-refractivity contribution in [3.63, 3.8) is 0 Å². The smallest absolute Gasteiger partial charge is 0.335 e. The highest BCUT2D eigenvalue weighted by Crippen LogP contribution is 2.50. The van der Waals surface area contributed by atoms with Gasteiger partial charge in [0.05, 0.1) is 15.9 Å². The van der Waals surface area contributed by atoms with Gasteiger partial charge in [-0.25, -0.2) is 9.69 Å². The summed E-state index contributed by atoms with van der Waals surface area (Å²) in [5, 5.41) is 4.71. The van der Waals surface area contributed by atoms with Crippen LogP contribution in [-0.2, 0) is 16.2 Å². The van der Waals surface area contributed by atoms with Crippen molar-refractivity contribution in [2.45, 2.75) is 38.2 Å². The van der Waals surface area contributed by atoms with Crippen LogP contribution < -0.4 is 24.6 Å². The van der Waals surface area contributed by atoms with Gasteiger partial charge in [-0.2, -0.15) is 0 Å². The van der Waals surface area contributed by atoms with Gasteiger partial charge in [-0.15, -0.1) is 0 Å². The lowest BCUT2D eigenvalue weighted by Gasteiger charge is -2.44. The Morgan fingerprint density at radius 2 is 1.39 bits per heavy atom. The molecule has 284 valence electrons. The van der Waals surface area contributed by atoms with E-state index >= 15 is 0 Å². The van der Waals surface area contributed by atoms with Gasteiger partial charge in [-0.05, 0) is 117 Å².